The fourth-order valence-electron chi connectivity index (χ4n) is 6.67. The minimum Gasteiger partial charge on any atom is -0.495 e. The second-order valence-corrected chi connectivity index (χ2v) is 13.0. The Morgan fingerprint density at radius 1 is 0.846 bits per heavy atom. The third-order valence-corrected chi connectivity index (χ3v) is 9.32. The molecule has 1 fully saturated rings. The maximum Gasteiger partial charge on any atom is 0.330 e. The van der Waals surface area contributed by atoms with Gasteiger partial charge in [0.1, 0.15) is 17.2 Å². The number of unbranched alkanes of at least 4 members (excludes halogenated alkanes) is 9. The van der Waals surface area contributed by atoms with Crippen LogP contribution in [0, 0.1) is 0 Å². The maximum atomic E-state index is 14.6. The van der Waals surface area contributed by atoms with E-state index in [2.05, 4.69) is 22.2 Å². The van der Waals surface area contributed by atoms with E-state index in [0.29, 0.717) is 30.0 Å². The van der Waals surface area contributed by atoms with E-state index in [1.54, 1.807) is 54.1 Å². The van der Waals surface area contributed by atoms with Crippen molar-refractivity contribution in [2.24, 2.45) is 0 Å². The highest BCUT2D eigenvalue weighted by Gasteiger charge is 2.52. The van der Waals surface area contributed by atoms with Crippen molar-refractivity contribution in [1.29, 1.82) is 0 Å². The number of anilines is 1. The molecule has 0 aliphatic carbocycles. The number of urea groups is 1. The molecule has 4 aromatic rings. The molecule has 1 aliphatic rings. The highest BCUT2D eigenvalue weighted by atomic mass is 16.5. The van der Waals surface area contributed by atoms with E-state index in [4.69, 9.17) is 9.47 Å². The molecule has 5 rings (SSSR count). The van der Waals surface area contributed by atoms with Crippen LogP contribution >= 0.6 is 0 Å². The SMILES string of the molecule is CCCCCCCCCCCCn1c(C(C(=O)Nc2ccccc2OC)N2C(=O)C(OCC)N(Cc3ccccc3)C2=O)nc(=O)c2cccnc21. The Balaban J connectivity index is 1.53. The Hall–Kier alpha value is -5.10. The summed E-state index contributed by atoms with van der Waals surface area (Å²) in [6, 6.07) is 17.0. The Morgan fingerprint density at radius 3 is 2.21 bits per heavy atom. The van der Waals surface area contributed by atoms with Crippen LogP contribution in [0.1, 0.15) is 95.5 Å². The van der Waals surface area contributed by atoms with Crippen molar-refractivity contribution >= 4 is 34.6 Å². The van der Waals surface area contributed by atoms with E-state index in [9.17, 15) is 19.2 Å². The number of pyridine rings is 1. The Kier molecular flexibility index (Phi) is 13.9. The van der Waals surface area contributed by atoms with E-state index in [0.717, 1.165) is 29.7 Å². The molecule has 52 heavy (non-hydrogen) atoms. The minimum absolute atomic E-state index is 0.0574. The number of benzene rings is 2. The number of aryl methyl sites for hydroxylation is 1. The molecule has 0 radical (unpaired) electrons. The van der Waals surface area contributed by atoms with Gasteiger partial charge in [0.15, 0.2) is 6.04 Å². The lowest BCUT2D eigenvalue weighted by atomic mass is 10.1. The van der Waals surface area contributed by atoms with Gasteiger partial charge >= 0.3 is 6.03 Å². The van der Waals surface area contributed by atoms with E-state index in [1.807, 2.05) is 30.3 Å². The lowest BCUT2D eigenvalue weighted by Gasteiger charge is -2.27. The topological polar surface area (TPSA) is 136 Å². The van der Waals surface area contributed by atoms with Crippen molar-refractivity contribution < 1.29 is 23.9 Å². The van der Waals surface area contributed by atoms with Gasteiger partial charge in [-0.05, 0) is 43.2 Å². The highest BCUT2D eigenvalue weighted by molar-refractivity contribution is 6.09. The smallest absolute Gasteiger partial charge is 0.330 e. The monoisotopic (exact) mass is 710 g/mol. The molecule has 1 aliphatic heterocycles. The number of imide groups is 1. The lowest BCUT2D eigenvalue weighted by molar-refractivity contribution is -0.145. The van der Waals surface area contributed by atoms with Crippen molar-refractivity contribution in [3.05, 3.63) is 94.7 Å². The number of aromatic nitrogens is 3. The molecule has 0 spiro atoms. The van der Waals surface area contributed by atoms with Crippen LogP contribution in [0.2, 0.25) is 0 Å². The van der Waals surface area contributed by atoms with Crippen LogP contribution in [0.25, 0.3) is 11.0 Å². The van der Waals surface area contributed by atoms with Gasteiger partial charge in [-0.2, -0.15) is 4.98 Å². The van der Waals surface area contributed by atoms with Gasteiger partial charge in [-0.25, -0.2) is 14.7 Å². The number of hydrogen-bond acceptors (Lipinski definition) is 8. The number of nitrogens with one attached hydrogen (secondary N) is 1. The van der Waals surface area contributed by atoms with Crippen molar-refractivity contribution in [1.82, 2.24) is 24.3 Å². The summed E-state index contributed by atoms with van der Waals surface area (Å²) in [5, 5.41) is 3.12. The van der Waals surface area contributed by atoms with Gasteiger partial charge in [-0.15, -0.1) is 0 Å². The van der Waals surface area contributed by atoms with Crippen molar-refractivity contribution in [2.45, 2.75) is 103 Å². The number of para-hydroxylation sites is 2. The summed E-state index contributed by atoms with van der Waals surface area (Å²) in [7, 11) is 1.48. The molecule has 0 saturated carbocycles. The van der Waals surface area contributed by atoms with Crippen LogP contribution in [0.4, 0.5) is 10.5 Å². The fourth-order valence-corrected chi connectivity index (χ4v) is 6.67. The van der Waals surface area contributed by atoms with E-state index < -0.39 is 35.7 Å². The maximum absolute atomic E-state index is 14.6. The molecule has 2 aromatic carbocycles. The van der Waals surface area contributed by atoms with Crippen molar-refractivity contribution in [2.75, 3.05) is 19.0 Å². The molecule has 12 heteroatoms. The van der Waals surface area contributed by atoms with Crippen LogP contribution in [-0.2, 0) is 27.4 Å². The lowest BCUT2D eigenvalue weighted by Crippen LogP contribution is -2.44. The molecular weight excluding hydrogens is 660 g/mol. The van der Waals surface area contributed by atoms with Gasteiger partial charge in [0.2, 0.25) is 6.23 Å². The van der Waals surface area contributed by atoms with Gasteiger partial charge in [-0.3, -0.25) is 19.3 Å². The zero-order chi connectivity index (χ0) is 36.9. The van der Waals surface area contributed by atoms with Crippen LogP contribution in [0.3, 0.4) is 0 Å². The number of hydrogen-bond donors (Lipinski definition) is 1. The average Bonchev–Trinajstić information content (AvgIpc) is 3.38. The summed E-state index contributed by atoms with van der Waals surface area (Å²) in [5.74, 6) is -1.16. The summed E-state index contributed by atoms with van der Waals surface area (Å²) in [6.07, 6.45) is 11.5. The first-order valence-corrected chi connectivity index (χ1v) is 18.5. The summed E-state index contributed by atoms with van der Waals surface area (Å²) in [4.78, 5) is 68.1. The Morgan fingerprint density at radius 2 is 1.52 bits per heavy atom. The van der Waals surface area contributed by atoms with Crippen LogP contribution < -0.4 is 15.6 Å². The van der Waals surface area contributed by atoms with Gasteiger partial charge in [0, 0.05) is 19.3 Å². The quantitative estimate of drug-likeness (QED) is 0.0750. The summed E-state index contributed by atoms with van der Waals surface area (Å²) in [5.41, 5.74) is 0.805. The molecule has 3 heterocycles. The van der Waals surface area contributed by atoms with Gasteiger partial charge in [0.05, 0.1) is 24.7 Å². The second kappa shape index (κ2) is 18.9. The molecule has 12 nitrogen and oxygen atoms in total. The third kappa shape index (κ3) is 9.03. The molecule has 2 aromatic heterocycles. The second-order valence-electron chi connectivity index (χ2n) is 13.0. The van der Waals surface area contributed by atoms with Gasteiger partial charge in [0.25, 0.3) is 17.4 Å². The number of ether oxygens (including phenoxy) is 2. The predicted octanol–water partition coefficient (Wildman–Crippen LogP) is 7.23. The first-order chi connectivity index (χ1) is 25.4. The summed E-state index contributed by atoms with van der Waals surface area (Å²) < 4.78 is 13.0. The zero-order valence-corrected chi connectivity index (χ0v) is 30.5. The largest absolute Gasteiger partial charge is 0.495 e. The summed E-state index contributed by atoms with van der Waals surface area (Å²) >= 11 is 0. The van der Waals surface area contributed by atoms with E-state index in [-0.39, 0.29) is 24.4 Å². The normalized spacial score (nSPS) is 15.0. The molecule has 276 valence electrons. The van der Waals surface area contributed by atoms with Crippen LogP contribution in [-0.4, -0.2) is 62.1 Å². The predicted molar refractivity (Wildman–Crippen MR) is 200 cm³/mol. The molecule has 1 saturated heterocycles. The Bertz CT molecular complexity index is 1860. The molecule has 4 amide bonds. The number of amides is 4. The van der Waals surface area contributed by atoms with Crippen LogP contribution in [0.15, 0.2) is 77.7 Å². The molecule has 0 bridgehead atoms. The van der Waals surface area contributed by atoms with Crippen molar-refractivity contribution in [3.8, 4) is 5.75 Å². The van der Waals surface area contributed by atoms with Crippen molar-refractivity contribution in [3.63, 3.8) is 0 Å². The third-order valence-electron chi connectivity index (χ3n) is 9.32. The van der Waals surface area contributed by atoms with Gasteiger partial charge < -0.3 is 19.4 Å². The zero-order valence-electron chi connectivity index (χ0n) is 30.5. The molecular formula is C40H50N6O6. The highest BCUT2D eigenvalue weighted by Crippen LogP contribution is 2.33. The number of nitrogens with zero attached hydrogens (tertiary/aromatic N) is 5. The first-order valence-electron chi connectivity index (χ1n) is 18.5. The standard InChI is InChI=1S/C40H50N6O6/c1-4-6-7-8-9-10-11-12-13-19-27-44-34-30(23-20-26-41-34)36(47)43-35(44)33(37(48)42-31-24-17-18-25-32(31)51-3)46-38(49)39(52-5-2)45(40(46)50)28-29-21-15-14-16-22-29/h14-18,20-26,33,39H,4-13,19,27-28H2,1-3H3,(H,42,48). The minimum atomic E-state index is -1.64. The Labute approximate surface area is 305 Å². The number of methoxy groups -OCH3 is 1. The first kappa shape index (κ1) is 38.1. The fraction of sp³-hybridized carbons (Fsp3) is 0.450. The molecule has 1 N–H and O–H groups in total. The molecule has 2 unspecified atom stereocenters. The average molecular weight is 711 g/mol. The van der Waals surface area contributed by atoms with Gasteiger partial charge in [-0.1, -0.05) is 107 Å². The molecule has 2 atom stereocenters. The number of carbonyl (C=O) groups excluding carboxylic acids is 3. The van der Waals surface area contributed by atoms with E-state index >= 15 is 0 Å². The number of rotatable bonds is 20. The summed E-state index contributed by atoms with van der Waals surface area (Å²) in [6.45, 7) is 4.52. The van der Waals surface area contributed by atoms with E-state index in [1.165, 1.54) is 50.5 Å². The number of fused-ring (bicyclic) bond motifs is 1. The number of carbonyl (C=O) groups is 3. The van der Waals surface area contributed by atoms with Crippen LogP contribution in [0.5, 0.6) is 5.75 Å².